The van der Waals surface area contributed by atoms with Gasteiger partial charge in [0.25, 0.3) is 0 Å². The second-order valence-corrected chi connectivity index (χ2v) is 8.03. The summed E-state index contributed by atoms with van der Waals surface area (Å²) in [5.74, 6) is 2.92. The SMILES string of the molecule is COc1ccc(OC)c(C2Oc3c(OC)cccc3C3CC(c4cccs4)=NN32)c1. The van der Waals surface area contributed by atoms with E-state index in [4.69, 9.17) is 24.0 Å². The molecular weight excluding hydrogens is 400 g/mol. The zero-order valence-electron chi connectivity index (χ0n) is 17.0. The monoisotopic (exact) mass is 422 g/mol. The summed E-state index contributed by atoms with van der Waals surface area (Å²) in [6, 6.07) is 15.9. The first-order valence-electron chi connectivity index (χ1n) is 9.68. The van der Waals surface area contributed by atoms with Crippen LogP contribution < -0.4 is 18.9 Å². The van der Waals surface area contributed by atoms with Crippen molar-refractivity contribution in [2.75, 3.05) is 21.3 Å². The van der Waals surface area contributed by atoms with E-state index in [9.17, 15) is 0 Å². The number of para-hydroxylation sites is 1. The van der Waals surface area contributed by atoms with Crippen LogP contribution in [0.5, 0.6) is 23.0 Å². The molecule has 154 valence electrons. The molecule has 5 rings (SSSR count). The maximum atomic E-state index is 6.52. The van der Waals surface area contributed by atoms with Crippen LogP contribution in [0.4, 0.5) is 0 Å². The highest BCUT2D eigenvalue weighted by atomic mass is 32.1. The summed E-state index contributed by atoms with van der Waals surface area (Å²) in [7, 11) is 4.97. The van der Waals surface area contributed by atoms with E-state index in [0.717, 1.165) is 40.5 Å². The smallest absolute Gasteiger partial charge is 0.217 e. The van der Waals surface area contributed by atoms with Gasteiger partial charge in [-0.25, -0.2) is 5.01 Å². The number of nitrogens with zero attached hydrogens (tertiary/aromatic N) is 2. The second kappa shape index (κ2) is 7.57. The van der Waals surface area contributed by atoms with E-state index >= 15 is 0 Å². The zero-order valence-corrected chi connectivity index (χ0v) is 17.8. The van der Waals surface area contributed by atoms with Crippen molar-refractivity contribution in [1.82, 2.24) is 5.01 Å². The van der Waals surface area contributed by atoms with Gasteiger partial charge in [0.05, 0.1) is 43.5 Å². The van der Waals surface area contributed by atoms with E-state index in [0.29, 0.717) is 5.75 Å². The molecule has 0 bridgehead atoms. The lowest BCUT2D eigenvalue weighted by atomic mass is 9.97. The summed E-state index contributed by atoms with van der Waals surface area (Å²) < 4.78 is 23.2. The van der Waals surface area contributed by atoms with E-state index in [1.807, 2.05) is 35.3 Å². The van der Waals surface area contributed by atoms with Crippen molar-refractivity contribution in [2.45, 2.75) is 18.7 Å². The quantitative estimate of drug-likeness (QED) is 0.578. The van der Waals surface area contributed by atoms with Gasteiger partial charge in [0.15, 0.2) is 11.5 Å². The minimum Gasteiger partial charge on any atom is -0.497 e. The molecule has 2 aromatic carbocycles. The Morgan fingerprint density at radius 1 is 0.967 bits per heavy atom. The number of thiophene rings is 1. The molecule has 7 heteroatoms. The maximum Gasteiger partial charge on any atom is 0.217 e. The van der Waals surface area contributed by atoms with Crippen molar-refractivity contribution < 1.29 is 18.9 Å². The molecule has 0 radical (unpaired) electrons. The first-order valence-corrected chi connectivity index (χ1v) is 10.6. The molecule has 0 amide bonds. The van der Waals surface area contributed by atoms with Gasteiger partial charge in [0, 0.05) is 12.0 Å². The Kier molecular flexibility index (Phi) is 4.75. The van der Waals surface area contributed by atoms with Crippen LogP contribution in [0.3, 0.4) is 0 Å². The summed E-state index contributed by atoms with van der Waals surface area (Å²) in [5.41, 5.74) is 2.98. The highest BCUT2D eigenvalue weighted by Crippen LogP contribution is 2.52. The molecule has 30 heavy (non-hydrogen) atoms. The lowest BCUT2D eigenvalue weighted by molar-refractivity contribution is -0.0223. The molecule has 3 heterocycles. The van der Waals surface area contributed by atoms with Crippen LogP contribution in [0.25, 0.3) is 0 Å². The molecule has 0 saturated carbocycles. The van der Waals surface area contributed by atoms with Gasteiger partial charge in [-0.3, -0.25) is 0 Å². The van der Waals surface area contributed by atoms with Gasteiger partial charge < -0.3 is 18.9 Å². The molecule has 3 aromatic rings. The number of hydrogen-bond acceptors (Lipinski definition) is 7. The van der Waals surface area contributed by atoms with Gasteiger partial charge in [0.1, 0.15) is 11.5 Å². The number of rotatable bonds is 5. The topological polar surface area (TPSA) is 52.5 Å². The highest BCUT2D eigenvalue weighted by Gasteiger charge is 2.43. The van der Waals surface area contributed by atoms with Crippen molar-refractivity contribution >= 4 is 17.0 Å². The van der Waals surface area contributed by atoms with Crippen molar-refractivity contribution in [3.8, 4) is 23.0 Å². The van der Waals surface area contributed by atoms with Crippen molar-refractivity contribution in [2.24, 2.45) is 5.10 Å². The fourth-order valence-electron chi connectivity index (χ4n) is 4.07. The molecule has 2 atom stereocenters. The number of benzene rings is 2. The molecule has 2 aliphatic heterocycles. The summed E-state index contributed by atoms with van der Waals surface area (Å²) in [4.78, 5) is 1.17. The number of hydrogen-bond donors (Lipinski definition) is 0. The summed E-state index contributed by atoms with van der Waals surface area (Å²) >= 11 is 1.70. The number of fused-ring (bicyclic) bond motifs is 3. The summed E-state index contributed by atoms with van der Waals surface area (Å²) in [6.45, 7) is 0. The first kappa shape index (κ1) is 18.8. The van der Waals surface area contributed by atoms with Gasteiger partial charge in [-0.1, -0.05) is 18.2 Å². The Bertz CT molecular complexity index is 1100. The van der Waals surface area contributed by atoms with E-state index in [2.05, 4.69) is 23.6 Å². The average Bonchev–Trinajstić information content (AvgIpc) is 3.47. The largest absolute Gasteiger partial charge is 0.497 e. The first-order chi connectivity index (χ1) is 14.7. The standard InChI is InChI=1S/C23H22N2O4S/c1-26-14-9-10-19(27-2)16(12-14)23-25-18(13-17(24-25)21-8-5-11-30-21)15-6-4-7-20(28-3)22(15)29-23/h4-12,18,23H,13H2,1-3H3. The van der Waals surface area contributed by atoms with E-state index in [-0.39, 0.29) is 6.04 Å². The molecule has 2 unspecified atom stereocenters. The van der Waals surface area contributed by atoms with E-state index in [1.54, 1.807) is 32.7 Å². The molecule has 2 aliphatic rings. The van der Waals surface area contributed by atoms with Gasteiger partial charge in [-0.05, 0) is 35.7 Å². The Labute approximate surface area is 179 Å². The zero-order chi connectivity index (χ0) is 20.7. The number of hydrazone groups is 1. The van der Waals surface area contributed by atoms with Crippen LogP contribution in [0.1, 0.15) is 34.7 Å². The number of methoxy groups -OCH3 is 3. The van der Waals surface area contributed by atoms with Crippen molar-refractivity contribution in [3.63, 3.8) is 0 Å². The minimum absolute atomic E-state index is 0.0434. The van der Waals surface area contributed by atoms with Crippen molar-refractivity contribution in [1.29, 1.82) is 0 Å². The molecule has 0 aliphatic carbocycles. The van der Waals surface area contributed by atoms with Crippen LogP contribution in [0.2, 0.25) is 0 Å². The molecular formula is C23H22N2O4S. The Hall–Kier alpha value is -3.19. The average molecular weight is 423 g/mol. The molecule has 0 N–H and O–H groups in total. The lowest BCUT2D eigenvalue weighted by Crippen LogP contribution is -2.34. The molecule has 0 fully saturated rings. The minimum atomic E-state index is -0.471. The third-order valence-corrected chi connectivity index (χ3v) is 6.43. The van der Waals surface area contributed by atoms with Crippen LogP contribution in [-0.2, 0) is 0 Å². The number of ether oxygens (including phenoxy) is 4. The molecule has 6 nitrogen and oxygen atoms in total. The normalized spacial score (nSPS) is 19.4. The van der Waals surface area contributed by atoms with Gasteiger partial charge >= 0.3 is 0 Å². The predicted molar refractivity (Wildman–Crippen MR) is 116 cm³/mol. The Morgan fingerprint density at radius 2 is 1.83 bits per heavy atom. The van der Waals surface area contributed by atoms with E-state index in [1.165, 1.54) is 4.88 Å². The lowest BCUT2D eigenvalue weighted by Gasteiger charge is -2.39. The molecule has 1 aromatic heterocycles. The third kappa shape index (κ3) is 2.97. The van der Waals surface area contributed by atoms with Crippen LogP contribution in [-0.4, -0.2) is 32.0 Å². The van der Waals surface area contributed by atoms with E-state index < -0.39 is 6.23 Å². The van der Waals surface area contributed by atoms with Crippen LogP contribution in [0, 0.1) is 0 Å². The Morgan fingerprint density at radius 3 is 2.57 bits per heavy atom. The van der Waals surface area contributed by atoms with Crippen LogP contribution >= 0.6 is 11.3 Å². The molecule has 0 spiro atoms. The van der Waals surface area contributed by atoms with Gasteiger partial charge in [-0.2, -0.15) is 5.10 Å². The maximum absolute atomic E-state index is 6.52. The fourth-order valence-corrected chi connectivity index (χ4v) is 4.79. The Balaban J connectivity index is 1.67. The summed E-state index contributed by atoms with van der Waals surface area (Å²) in [5, 5.41) is 9.10. The predicted octanol–water partition coefficient (Wildman–Crippen LogP) is 5.02. The molecule has 0 saturated heterocycles. The third-order valence-electron chi connectivity index (χ3n) is 5.51. The highest BCUT2D eigenvalue weighted by molar-refractivity contribution is 7.12. The van der Waals surface area contributed by atoms with Crippen LogP contribution in [0.15, 0.2) is 59.0 Å². The summed E-state index contributed by atoms with van der Waals surface area (Å²) in [6.07, 6.45) is 0.327. The fraction of sp³-hybridized carbons (Fsp3) is 0.261. The van der Waals surface area contributed by atoms with Crippen molar-refractivity contribution in [3.05, 3.63) is 69.9 Å². The second-order valence-electron chi connectivity index (χ2n) is 7.08. The van der Waals surface area contributed by atoms with Gasteiger partial charge in [-0.15, -0.1) is 11.3 Å². The van der Waals surface area contributed by atoms with Gasteiger partial charge in [0.2, 0.25) is 6.23 Å².